The lowest BCUT2D eigenvalue weighted by Gasteiger charge is -2.02. The number of benzene rings is 1. The molecule has 1 rings (SSSR count). The Morgan fingerprint density at radius 1 is 1.60 bits per heavy atom. The van der Waals surface area contributed by atoms with E-state index in [4.69, 9.17) is 5.73 Å². The van der Waals surface area contributed by atoms with Crippen molar-refractivity contribution in [1.29, 1.82) is 0 Å². The molecule has 0 aliphatic carbocycles. The van der Waals surface area contributed by atoms with Gasteiger partial charge in [0.05, 0.1) is 12.2 Å². The molecule has 0 atom stereocenters. The summed E-state index contributed by atoms with van der Waals surface area (Å²) in [4.78, 5) is 11.4. The fourth-order valence-electron chi connectivity index (χ4n) is 1.000. The van der Waals surface area contributed by atoms with E-state index in [0.717, 1.165) is 6.07 Å². The number of halogens is 1. The number of nitrogens with two attached hydrogens (primary N) is 1. The second-order valence-corrected chi connectivity index (χ2v) is 2.85. The van der Waals surface area contributed by atoms with Gasteiger partial charge in [-0.3, -0.25) is 4.79 Å². The number of hydrogen-bond donors (Lipinski definition) is 2. The monoisotopic (exact) mass is 206 g/mol. The van der Waals surface area contributed by atoms with Crippen LogP contribution >= 0.6 is 0 Å². The fourth-order valence-corrected chi connectivity index (χ4v) is 1.000. The Kier molecular flexibility index (Phi) is 3.69. The standard InChI is InChI=1S/C11H11FN2O/c1-2-3-6-14-11(15)8-4-5-9(12)10(13)7-8/h4-5,7H,6,13H2,1H3,(H,14,15). The minimum absolute atomic E-state index is 0.0378. The van der Waals surface area contributed by atoms with Crippen molar-refractivity contribution in [2.45, 2.75) is 6.92 Å². The Labute approximate surface area is 87.5 Å². The van der Waals surface area contributed by atoms with Gasteiger partial charge in [0.1, 0.15) is 5.82 Å². The third-order valence-electron chi connectivity index (χ3n) is 1.77. The molecule has 78 valence electrons. The van der Waals surface area contributed by atoms with Gasteiger partial charge in [-0.2, -0.15) is 0 Å². The third kappa shape index (κ3) is 2.99. The molecule has 1 amide bonds. The predicted octanol–water partition coefficient (Wildman–Crippen LogP) is 1.16. The molecule has 3 nitrogen and oxygen atoms in total. The highest BCUT2D eigenvalue weighted by atomic mass is 19.1. The smallest absolute Gasteiger partial charge is 0.252 e. The first kappa shape index (κ1) is 11.1. The zero-order valence-electron chi connectivity index (χ0n) is 8.30. The van der Waals surface area contributed by atoms with Gasteiger partial charge in [0.25, 0.3) is 5.91 Å². The number of hydrogen-bond acceptors (Lipinski definition) is 2. The molecule has 15 heavy (non-hydrogen) atoms. The maximum atomic E-state index is 12.8. The number of rotatable bonds is 2. The van der Waals surface area contributed by atoms with Crippen LogP contribution in [0.5, 0.6) is 0 Å². The van der Waals surface area contributed by atoms with E-state index < -0.39 is 5.82 Å². The van der Waals surface area contributed by atoms with E-state index in [9.17, 15) is 9.18 Å². The van der Waals surface area contributed by atoms with Crippen molar-refractivity contribution in [3.8, 4) is 11.8 Å². The van der Waals surface area contributed by atoms with Crippen molar-refractivity contribution in [2.24, 2.45) is 0 Å². The molecule has 1 aromatic carbocycles. The SMILES string of the molecule is CC#CCNC(=O)c1ccc(F)c(N)c1. The Hall–Kier alpha value is -2.02. The summed E-state index contributed by atoms with van der Waals surface area (Å²) in [6.07, 6.45) is 0. The summed E-state index contributed by atoms with van der Waals surface area (Å²) >= 11 is 0. The van der Waals surface area contributed by atoms with Gasteiger partial charge in [-0.05, 0) is 25.1 Å². The average molecular weight is 206 g/mol. The van der Waals surface area contributed by atoms with E-state index >= 15 is 0 Å². The normalized spacial score (nSPS) is 8.93. The number of nitrogen functional groups attached to an aromatic ring is 1. The molecule has 4 heteroatoms. The van der Waals surface area contributed by atoms with E-state index in [1.165, 1.54) is 12.1 Å². The van der Waals surface area contributed by atoms with Crippen LogP contribution in [0, 0.1) is 17.7 Å². The predicted molar refractivity (Wildman–Crippen MR) is 56.6 cm³/mol. The number of carbonyl (C=O) groups excluding carboxylic acids is 1. The maximum Gasteiger partial charge on any atom is 0.252 e. The van der Waals surface area contributed by atoms with Crippen LogP contribution in [0.15, 0.2) is 18.2 Å². The summed E-state index contributed by atoms with van der Waals surface area (Å²) in [6, 6.07) is 3.83. The topological polar surface area (TPSA) is 55.1 Å². The van der Waals surface area contributed by atoms with E-state index in [0.29, 0.717) is 5.56 Å². The zero-order valence-corrected chi connectivity index (χ0v) is 8.30. The summed E-state index contributed by atoms with van der Waals surface area (Å²) in [5.41, 5.74) is 5.62. The first-order valence-electron chi connectivity index (χ1n) is 4.38. The number of anilines is 1. The van der Waals surface area contributed by atoms with Crippen molar-refractivity contribution in [2.75, 3.05) is 12.3 Å². The van der Waals surface area contributed by atoms with Crippen LogP contribution in [0.1, 0.15) is 17.3 Å². The lowest BCUT2D eigenvalue weighted by molar-refractivity contribution is 0.0958. The van der Waals surface area contributed by atoms with Crippen molar-refractivity contribution in [1.82, 2.24) is 5.32 Å². The zero-order chi connectivity index (χ0) is 11.3. The minimum atomic E-state index is -0.528. The largest absolute Gasteiger partial charge is 0.396 e. The molecule has 0 aromatic heterocycles. The van der Waals surface area contributed by atoms with Gasteiger partial charge in [-0.15, -0.1) is 5.92 Å². The van der Waals surface area contributed by atoms with Gasteiger partial charge in [-0.25, -0.2) is 4.39 Å². The molecule has 0 saturated heterocycles. The molecule has 0 saturated carbocycles. The quantitative estimate of drug-likeness (QED) is 0.563. The maximum absolute atomic E-state index is 12.8. The molecule has 0 aliphatic heterocycles. The van der Waals surface area contributed by atoms with Gasteiger partial charge >= 0.3 is 0 Å². The van der Waals surface area contributed by atoms with Crippen molar-refractivity contribution >= 4 is 11.6 Å². The molecule has 0 aliphatic rings. The average Bonchev–Trinajstić information content (AvgIpc) is 2.22. The number of nitrogens with one attached hydrogen (secondary N) is 1. The third-order valence-corrected chi connectivity index (χ3v) is 1.77. The second-order valence-electron chi connectivity index (χ2n) is 2.85. The van der Waals surface area contributed by atoms with Gasteiger partial charge in [0.15, 0.2) is 0 Å². The summed E-state index contributed by atoms with van der Waals surface area (Å²) < 4.78 is 12.8. The molecular weight excluding hydrogens is 195 g/mol. The molecule has 0 radical (unpaired) electrons. The highest BCUT2D eigenvalue weighted by molar-refractivity contribution is 5.95. The van der Waals surface area contributed by atoms with Crippen LogP contribution in [0.25, 0.3) is 0 Å². The molecule has 0 bridgehead atoms. The van der Waals surface area contributed by atoms with Crippen molar-refractivity contribution in [3.63, 3.8) is 0 Å². The summed E-state index contributed by atoms with van der Waals surface area (Å²) in [5, 5.41) is 2.56. The molecule has 3 N–H and O–H groups in total. The van der Waals surface area contributed by atoms with Crippen LogP contribution in [0.4, 0.5) is 10.1 Å². The fraction of sp³-hybridized carbons (Fsp3) is 0.182. The lowest BCUT2D eigenvalue weighted by Crippen LogP contribution is -2.23. The van der Waals surface area contributed by atoms with Crippen LogP contribution in [-0.4, -0.2) is 12.5 Å². The van der Waals surface area contributed by atoms with E-state index in [-0.39, 0.29) is 18.1 Å². The molecule has 0 fully saturated rings. The van der Waals surface area contributed by atoms with Gasteiger partial charge < -0.3 is 11.1 Å². The van der Waals surface area contributed by atoms with E-state index in [2.05, 4.69) is 17.2 Å². The minimum Gasteiger partial charge on any atom is -0.396 e. The number of carbonyl (C=O) groups is 1. The number of amides is 1. The van der Waals surface area contributed by atoms with Crippen LogP contribution in [-0.2, 0) is 0 Å². The van der Waals surface area contributed by atoms with Crippen LogP contribution < -0.4 is 11.1 Å². The first-order valence-corrected chi connectivity index (χ1v) is 4.38. The Balaban J connectivity index is 2.72. The molecular formula is C11H11FN2O. The Bertz CT molecular complexity index is 432. The molecule has 0 unspecified atom stereocenters. The Morgan fingerprint density at radius 2 is 2.33 bits per heavy atom. The molecule has 0 heterocycles. The van der Waals surface area contributed by atoms with Crippen molar-refractivity contribution < 1.29 is 9.18 Å². The first-order chi connectivity index (χ1) is 7.15. The lowest BCUT2D eigenvalue weighted by atomic mass is 10.2. The highest BCUT2D eigenvalue weighted by Crippen LogP contribution is 2.11. The Morgan fingerprint density at radius 3 is 2.93 bits per heavy atom. The van der Waals surface area contributed by atoms with E-state index in [1.54, 1.807) is 6.92 Å². The summed E-state index contributed by atoms with van der Waals surface area (Å²) in [7, 11) is 0. The summed E-state index contributed by atoms with van der Waals surface area (Å²) in [6.45, 7) is 1.95. The van der Waals surface area contributed by atoms with Crippen LogP contribution in [0.2, 0.25) is 0 Å². The van der Waals surface area contributed by atoms with Gasteiger partial charge in [0.2, 0.25) is 0 Å². The highest BCUT2D eigenvalue weighted by Gasteiger charge is 2.06. The van der Waals surface area contributed by atoms with Crippen LogP contribution in [0.3, 0.4) is 0 Å². The molecule has 1 aromatic rings. The van der Waals surface area contributed by atoms with Gasteiger partial charge in [0, 0.05) is 5.56 Å². The van der Waals surface area contributed by atoms with Gasteiger partial charge in [-0.1, -0.05) is 5.92 Å². The van der Waals surface area contributed by atoms with E-state index in [1.807, 2.05) is 0 Å². The second kappa shape index (κ2) is 5.01. The summed E-state index contributed by atoms with van der Waals surface area (Å²) in [5.74, 6) is 4.49. The van der Waals surface area contributed by atoms with Crippen molar-refractivity contribution in [3.05, 3.63) is 29.6 Å². The molecule has 0 spiro atoms.